The third-order valence-corrected chi connectivity index (χ3v) is 5.71. The van der Waals surface area contributed by atoms with Crippen LogP contribution in [0.5, 0.6) is 0 Å². The molecule has 0 aliphatic rings. The Hall–Kier alpha value is -0.606. The number of allylic oxidation sites excluding steroid dienone is 1. The smallest absolute Gasteiger partial charge is 0.0483 e. The lowest BCUT2D eigenvalue weighted by atomic mass is 10.1. The van der Waals surface area contributed by atoms with Crippen LogP contribution < -0.4 is 0 Å². The summed E-state index contributed by atoms with van der Waals surface area (Å²) < 4.78 is 0. The highest BCUT2D eigenvalue weighted by molar-refractivity contribution is 6.78. The Morgan fingerprint density at radius 2 is 1.28 bits per heavy atom. The van der Waals surface area contributed by atoms with Crippen LogP contribution in [0.2, 0.25) is 51.4 Å². The molecule has 1 aromatic rings. The Morgan fingerprint density at radius 3 is 1.67 bits per heavy atom. The molecule has 0 unspecified atom stereocenters. The largest absolute Gasteiger partial charge is 0.0749 e. The van der Waals surface area contributed by atoms with Gasteiger partial charge >= 0.3 is 0 Å². The fraction of sp³-hybridized carbons (Fsp3) is 0.500. The van der Waals surface area contributed by atoms with Gasteiger partial charge in [-0.1, -0.05) is 81.3 Å². The van der Waals surface area contributed by atoms with Crippen molar-refractivity contribution >= 4 is 22.2 Å². The summed E-state index contributed by atoms with van der Waals surface area (Å²) in [6.45, 7) is 14.8. The Labute approximate surface area is 115 Å². The van der Waals surface area contributed by atoms with Gasteiger partial charge < -0.3 is 0 Å². The van der Waals surface area contributed by atoms with E-state index in [1.54, 1.807) is 5.57 Å². The first-order chi connectivity index (χ1) is 8.16. The quantitative estimate of drug-likeness (QED) is 0.601. The highest BCUT2D eigenvalue weighted by Gasteiger charge is 2.21. The lowest BCUT2D eigenvalue weighted by Crippen LogP contribution is -2.25. The Balaban J connectivity index is 2.94. The van der Waals surface area contributed by atoms with Crippen molar-refractivity contribution in [1.82, 2.24) is 0 Å². The van der Waals surface area contributed by atoms with Gasteiger partial charge in [0, 0.05) is 16.1 Å². The summed E-state index contributed by atoms with van der Waals surface area (Å²) >= 11 is 0. The van der Waals surface area contributed by atoms with Crippen LogP contribution in [0, 0.1) is 0 Å². The van der Waals surface area contributed by atoms with Crippen LogP contribution in [-0.2, 0) is 0 Å². The number of hydrogen-bond donors (Lipinski definition) is 0. The van der Waals surface area contributed by atoms with Crippen LogP contribution in [0.4, 0.5) is 0 Å². The third kappa shape index (κ3) is 6.97. The molecule has 0 heterocycles. The van der Waals surface area contributed by atoms with Crippen molar-refractivity contribution < 1.29 is 0 Å². The second kappa shape index (κ2) is 6.02. The normalized spacial score (nSPS) is 12.3. The van der Waals surface area contributed by atoms with E-state index < -0.39 is 16.1 Å². The number of hydrogen-bond acceptors (Lipinski definition) is 0. The van der Waals surface area contributed by atoms with E-state index in [0.717, 1.165) is 0 Å². The number of rotatable bonds is 5. The zero-order chi connectivity index (χ0) is 13.8. The molecule has 0 fully saturated rings. The summed E-state index contributed by atoms with van der Waals surface area (Å²) in [7, 11) is -2.04. The molecule has 0 radical (unpaired) electrons. The van der Waals surface area contributed by atoms with Crippen molar-refractivity contribution in [2.45, 2.75) is 51.4 Å². The minimum Gasteiger partial charge on any atom is -0.0749 e. The fourth-order valence-electron chi connectivity index (χ4n) is 2.31. The molecule has 0 aliphatic carbocycles. The van der Waals surface area contributed by atoms with E-state index in [-0.39, 0.29) is 0 Å². The average molecular weight is 277 g/mol. The second-order valence-electron chi connectivity index (χ2n) is 7.69. The zero-order valence-corrected chi connectivity index (χ0v) is 14.9. The summed E-state index contributed by atoms with van der Waals surface area (Å²) in [5, 5.41) is 0. The maximum Gasteiger partial charge on any atom is 0.0483 e. The van der Waals surface area contributed by atoms with Gasteiger partial charge in [0.1, 0.15) is 0 Å². The van der Waals surface area contributed by atoms with Crippen LogP contribution in [0.15, 0.2) is 35.9 Å². The Kier molecular flexibility index (Phi) is 5.17. The Bertz CT molecular complexity index is 373. The number of benzene rings is 1. The lowest BCUT2D eigenvalue weighted by Gasteiger charge is -2.24. The van der Waals surface area contributed by atoms with Crippen LogP contribution >= 0.6 is 0 Å². The molecule has 0 saturated heterocycles. The third-order valence-electron chi connectivity index (χ3n) is 2.69. The van der Waals surface area contributed by atoms with Crippen LogP contribution in [0.25, 0.3) is 6.08 Å². The van der Waals surface area contributed by atoms with E-state index in [9.17, 15) is 0 Å². The molecule has 0 spiro atoms. The average Bonchev–Trinajstić information content (AvgIpc) is 2.13. The van der Waals surface area contributed by atoms with Gasteiger partial charge in [-0.15, -0.1) is 0 Å². The first-order valence-electron chi connectivity index (χ1n) is 6.90. The fourth-order valence-corrected chi connectivity index (χ4v) is 5.74. The standard InChI is InChI=1S/C16H28Si2/c1-17(2,3)13-16(14-18(4,5)6)12-15-10-8-7-9-11-15/h7-12H,13-14H2,1-6H3. The molecule has 100 valence electrons. The molecule has 1 aromatic carbocycles. The van der Waals surface area contributed by atoms with E-state index >= 15 is 0 Å². The molecule has 0 N–H and O–H groups in total. The highest BCUT2D eigenvalue weighted by atomic mass is 28.3. The van der Waals surface area contributed by atoms with E-state index in [2.05, 4.69) is 75.7 Å². The molecule has 18 heavy (non-hydrogen) atoms. The van der Waals surface area contributed by atoms with Gasteiger partial charge in [-0.3, -0.25) is 0 Å². The molecule has 2 heteroatoms. The van der Waals surface area contributed by atoms with Gasteiger partial charge in [-0.25, -0.2) is 0 Å². The van der Waals surface area contributed by atoms with Crippen molar-refractivity contribution in [3.8, 4) is 0 Å². The predicted octanol–water partition coefficient (Wildman–Crippen LogP) is 5.75. The predicted molar refractivity (Wildman–Crippen MR) is 90.7 cm³/mol. The SMILES string of the molecule is C[Si](C)(C)CC(=Cc1ccccc1)C[Si](C)(C)C. The van der Waals surface area contributed by atoms with Crippen LogP contribution in [0.3, 0.4) is 0 Å². The summed E-state index contributed by atoms with van der Waals surface area (Å²) in [6.07, 6.45) is 2.44. The first-order valence-corrected chi connectivity index (χ1v) is 14.3. The molecule has 0 aromatic heterocycles. The van der Waals surface area contributed by atoms with Gasteiger partial charge in [-0.2, -0.15) is 0 Å². The Morgan fingerprint density at radius 1 is 0.833 bits per heavy atom. The van der Waals surface area contributed by atoms with Gasteiger partial charge in [0.25, 0.3) is 0 Å². The van der Waals surface area contributed by atoms with Crippen molar-refractivity contribution in [1.29, 1.82) is 0 Å². The highest BCUT2D eigenvalue weighted by Crippen LogP contribution is 2.27. The molecular weight excluding hydrogens is 248 g/mol. The van der Waals surface area contributed by atoms with Gasteiger partial charge in [0.15, 0.2) is 0 Å². The molecule has 1 rings (SSSR count). The summed E-state index contributed by atoms with van der Waals surface area (Å²) in [6, 6.07) is 13.5. The van der Waals surface area contributed by atoms with Crippen molar-refractivity contribution in [3.63, 3.8) is 0 Å². The van der Waals surface area contributed by atoms with Crippen LogP contribution in [0.1, 0.15) is 5.56 Å². The van der Waals surface area contributed by atoms with Crippen molar-refractivity contribution in [2.75, 3.05) is 0 Å². The van der Waals surface area contributed by atoms with E-state index in [1.165, 1.54) is 17.7 Å². The topological polar surface area (TPSA) is 0 Å². The van der Waals surface area contributed by atoms with E-state index in [4.69, 9.17) is 0 Å². The summed E-state index contributed by atoms with van der Waals surface area (Å²) in [5.74, 6) is 0. The molecule has 0 bridgehead atoms. The maximum absolute atomic E-state index is 2.47. The lowest BCUT2D eigenvalue weighted by molar-refractivity contribution is 1.28. The minimum atomic E-state index is -1.02. The molecule has 0 nitrogen and oxygen atoms in total. The summed E-state index contributed by atoms with van der Waals surface area (Å²) in [5.41, 5.74) is 3.04. The van der Waals surface area contributed by atoms with E-state index in [1.807, 2.05) is 0 Å². The van der Waals surface area contributed by atoms with Gasteiger partial charge in [-0.05, 0) is 17.7 Å². The van der Waals surface area contributed by atoms with Crippen LogP contribution in [-0.4, -0.2) is 16.1 Å². The molecule has 0 amide bonds. The van der Waals surface area contributed by atoms with Crippen molar-refractivity contribution in [3.05, 3.63) is 41.5 Å². The molecular formula is C16H28Si2. The molecule has 0 aliphatic heterocycles. The monoisotopic (exact) mass is 276 g/mol. The van der Waals surface area contributed by atoms with E-state index in [0.29, 0.717) is 0 Å². The second-order valence-corrected chi connectivity index (χ2v) is 18.6. The van der Waals surface area contributed by atoms with Crippen molar-refractivity contribution in [2.24, 2.45) is 0 Å². The summed E-state index contributed by atoms with van der Waals surface area (Å²) in [4.78, 5) is 0. The zero-order valence-electron chi connectivity index (χ0n) is 12.9. The maximum atomic E-state index is 2.47. The first kappa shape index (κ1) is 15.5. The molecule has 0 atom stereocenters. The van der Waals surface area contributed by atoms with Gasteiger partial charge in [0.2, 0.25) is 0 Å². The van der Waals surface area contributed by atoms with Gasteiger partial charge in [0.05, 0.1) is 0 Å². The minimum absolute atomic E-state index is 1.02. The molecule has 0 saturated carbocycles.